The van der Waals surface area contributed by atoms with Crippen molar-refractivity contribution in [3.05, 3.63) is 48.0 Å². The predicted molar refractivity (Wildman–Crippen MR) is 129 cm³/mol. The normalized spacial score (nSPS) is 12.2. The van der Waals surface area contributed by atoms with E-state index in [-0.39, 0.29) is 5.91 Å². The predicted octanol–water partition coefficient (Wildman–Crippen LogP) is 6.84. The number of carboxylic acids is 1. The van der Waals surface area contributed by atoms with E-state index in [1.54, 1.807) is 0 Å². The molecule has 0 aliphatic heterocycles. The third-order valence-corrected chi connectivity index (χ3v) is 5.58. The summed E-state index contributed by atoms with van der Waals surface area (Å²) in [6.07, 6.45) is 21.2. The van der Waals surface area contributed by atoms with E-state index in [1.807, 2.05) is 30.3 Å². The topological polar surface area (TPSA) is 66.4 Å². The van der Waals surface area contributed by atoms with Crippen molar-refractivity contribution in [1.29, 1.82) is 0 Å². The molecule has 1 atom stereocenters. The fraction of sp³-hybridized carbons (Fsp3) is 0.630. The second-order valence-electron chi connectivity index (χ2n) is 8.48. The first-order valence-electron chi connectivity index (χ1n) is 12.3. The molecule has 0 aliphatic rings. The molecule has 4 nitrogen and oxygen atoms in total. The summed E-state index contributed by atoms with van der Waals surface area (Å²) in [7, 11) is 0. The number of aliphatic carboxylic acids is 1. The van der Waals surface area contributed by atoms with E-state index < -0.39 is 12.0 Å². The lowest BCUT2D eigenvalue weighted by Gasteiger charge is -2.14. The Morgan fingerprint density at radius 1 is 0.839 bits per heavy atom. The lowest BCUT2D eigenvalue weighted by Crippen LogP contribution is -2.42. The Labute approximate surface area is 189 Å². The van der Waals surface area contributed by atoms with Crippen LogP contribution in [0.25, 0.3) is 0 Å². The van der Waals surface area contributed by atoms with Crippen molar-refractivity contribution >= 4 is 11.9 Å². The SMILES string of the molecule is CCCCCC/C=C\CCCCCCCCCC(=O)N[C@@H](Cc1ccccc1)C(=O)O. The van der Waals surface area contributed by atoms with Gasteiger partial charge in [0.15, 0.2) is 0 Å². The van der Waals surface area contributed by atoms with E-state index in [2.05, 4.69) is 24.4 Å². The van der Waals surface area contributed by atoms with E-state index in [1.165, 1.54) is 64.2 Å². The van der Waals surface area contributed by atoms with Crippen molar-refractivity contribution in [2.45, 2.75) is 109 Å². The van der Waals surface area contributed by atoms with Crippen molar-refractivity contribution in [2.75, 3.05) is 0 Å². The van der Waals surface area contributed by atoms with Gasteiger partial charge in [0.2, 0.25) is 5.91 Å². The molecular formula is C27H43NO3. The quantitative estimate of drug-likeness (QED) is 0.187. The number of carboxylic acid groups (broad SMARTS) is 1. The van der Waals surface area contributed by atoms with E-state index in [0.717, 1.165) is 24.8 Å². The number of rotatable bonds is 19. The van der Waals surface area contributed by atoms with Gasteiger partial charge in [-0.3, -0.25) is 4.79 Å². The van der Waals surface area contributed by atoms with Crippen molar-refractivity contribution in [3.8, 4) is 0 Å². The molecule has 0 aromatic heterocycles. The summed E-state index contributed by atoms with van der Waals surface area (Å²) in [6.45, 7) is 2.25. The number of allylic oxidation sites excluding steroid dienone is 2. The molecular weight excluding hydrogens is 386 g/mol. The zero-order valence-electron chi connectivity index (χ0n) is 19.5. The summed E-state index contributed by atoms with van der Waals surface area (Å²) in [6, 6.07) is 8.55. The van der Waals surface area contributed by atoms with Gasteiger partial charge in [-0.2, -0.15) is 0 Å². The van der Waals surface area contributed by atoms with Crippen molar-refractivity contribution in [3.63, 3.8) is 0 Å². The Hall–Kier alpha value is -2.10. The fourth-order valence-electron chi connectivity index (χ4n) is 3.67. The number of carbonyl (C=O) groups excluding carboxylic acids is 1. The van der Waals surface area contributed by atoms with Gasteiger partial charge in [-0.1, -0.05) is 101 Å². The summed E-state index contributed by atoms with van der Waals surface area (Å²) in [5.74, 6) is -1.15. The molecule has 0 aliphatic carbocycles. The van der Waals surface area contributed by atoms with Crippen molar-refractivity contribution < 1.29 is 14.7 Å². The molecule has 174 valence electrons. The third-order valence-electron chi connectivity index (χ3n) is 5.58. The number of amides is 1. The Morgan fingerprint density at radius 3 is 1.97 bits per heavy atom. The Kier molecular flexibility index (Phi) is 16.2. The third kappa shape index (κ3) is 15.4. The zero-order valence-corrected chi connectivity index (χ0v) is 19.5. The lowest BCUT2D eigenvalue weighted by atomic mass is 10.0. The molecule has 4 heteroatoms. The van der Waals surface area contributed by atoms with Gasteiger partial charge in [-0.05, 0) is 37.7 Å². The largest absolute Gasteiger partial charge is 0.480 e. The monoisotopic (exact) mass is 429 g/mol. The highest BCUT2D eigenvalue weighted by atomic mass is 16.4. The van der Waals surface area contributed by atoms with Crippen LogP contribution >= 0.6 is 0 Å². The number of benzene rings is 1. The van der Waals surface area contributed by atoms with Gasteiger partial charge in [0.25, 0.3) is 0 Å². The highest BCUT2D eigenvalue weighted by Crippen LogP contribution is 2.11. The lowest BCUT2D eigenvalue weighted by molar-refractivity contribution is -0.141. The van der Waals surface area contributed by atoms with Crippen LogP contribution in [0.4, 0.5) is 0 Å². The second-order valence-corrected chi connectivity index (χ2v) is 8.48. The molecule has 0 heterocycles. The van der Waals surface area contributed by atoms with Crippen LogP contribution in [0.1, 0.15) is 102 Å². The molecule has 0 saturated carbocycles. The van der Waals surface area contributed by atoms with Gasteiger partial charge in [0.1, 0.15) is 6.04 Å². The Morgan fingerprint density at radius 2 is 1.39 bits per heavy atom. The van der Waals surface area contributed by atoms with Gasteiger partial charge in [-0.25, -0.2) is 4.79 Å². The van der Waals surface area contributed by atoms with Crippen LogP contribution in [0.5, 0.6) is 0 Å². The molecule has 0 saturated heterocycles. The second kappa shape index (κ2) is 18.7. The Bertz CT molecular complexity index is 612. The molecule has 31 heavy (non-hydrogen) atoms. The van der Waals surface area contributed by atoms with Crippen LogP contribution in [0.15, 0.2) is 42.5 Å². The van der Waals surface area contributed by atoms with Crippen LogP contribution in [0.2, 0.25) is 0 Å². The van der Waals surface area contributed by atoms with Crippen LogP contribution in [-0.4, -0.2) is 23.0 Å². The molecule has 0 bridgehead atoms. The van der Waals surface area contributed by atoms with E-state index >= 15 is 0 Å². The van der Waals surface area contributed by atoms with Gasteiger partial charge in [0.05, 0.1) is 0 Å². The molecule has 1 aromatic rings. The molecule has 0 fully saturated rings. The fourth-order valence-corrected chi connectivity index (χ4v) is 3.67. The smallest absolute Gasteiger partial charge is 0.326 e. The highest BCUT2D eigenvalue weighted by molar-refractivity contribution is 5.83. The molecule has 1 amide bonds. The zero-order chi connectivity index (χ0) is 22.6. The maximum Gasteiger partial charge on any atom is 0.326 e. The van der Waals surface area contributed by atoms with Gasteiger partial charge in [-0.15, -0.1) is 0 Å². The van der Waals surface area contributed by atoms with Crippen LogP contribution in [0.3, 0.4) is 0 Å². The summed E-state index contributed by atoms with van der Waals surface area (Å²) in [5, 5.41) is 12.0. The first kappa shape index (κ1) is 26.9. The number of hydrogen-bond acceptors (Lipinski definition) is 2. The number of unbranched alkanes of at least 4 members (excludes halogenated alkanes) is 11. The maximum absolute atomic E-state index is 12.1. The summed E-state index contributed by atoms with van der Waals surface area (Å²) < 4.78 is 0. The summed E-state index contributed by atoms with van der Waals surface area (Å²) in [4.78, 5) is 23.5. The first-order chi connectivity index (χ1) is 15.1. The number of hydrogen-bond donors (Lipinski definition) is 2. The van der Waals surface area contributed by atoms with E-state index in [0.29, 0.717) is 12.8 Å². The minimum atomic E-state index is -0.983. The minimum Gasteiger partial charge on any atom is -0.480 e. The molecule has 0 unspecified atom stereocenters. The van der Waals surface area contributed by atoms with Crippen LogP contribution in [-0.2, 0) is 16.0 Å². The Balaban J connectivity index is 1.99. The van der Waals surface area contributed by atoms with Crippen molar-refractivity contribution in [1.82, 2.24) is 5.32 Å². The minimum absolute atomic E-state index is 0.162. The first-order valence-corrected chi connectivity index (χ1v) is 12.3. The molecule has 1 rings (SSSR count). The van der Waals surface area contributed by atoms with Crippen LogP contribution < -0.4 is 5.32 Å². The molecule has 1 aromatic carbocycles. The molecule has 0 spiro atoms. The molecule has 2 N–H and O–H groups in total. The van der Waals surface area contributed by atoms with E-state index in [9.17, 15) is 14.7 Å². The summed E-state index contributed by atoms with van der Waals surface area (Å²) in [5.41, 5.74) is 0.915. The maximum atomic E-state index is 12.1. The van der Waals surface area contributed by atoms with E-state index in [4.69, 9.17) is 0 Å². The van der Waals surface area contributed by atoms with Gasteiger partial charge < -0.3 is 10.4 Å². The average Bonchev–Trinajstić information content (AvgIpc) is 2.76. The highest BCUT2D eigenvalue weighted by Gasteiger charge is 2.19. The average molecular weight is 430 g/mol. The van der Waals surface area contributed by atoms with Gasteiger partial charge in [0, 0.05) is 12.8 Å². The van der Waals surface area contributed by atoms with Gasteiger partial charge >= 0.3 is 5.97 Å². The number of nitrogens with one attached hydrogen (secondary N) is 1. The van der Waals surface area contributed by atoms with Crippen molar-refractivity contribution in [2.24, 2.45) is 0 Å². The molecule has 0 radical (unpaired) electrons. The van der Waals surface area contributed by atoms with Crippen LogP contribution in [0, 0.1) is 0 Å². The standard InChI is InChI=1S/C27H43NO3/c1-2-3-4-5-6-7-8-9-10-11-12-13-14-15-19-22-26(29)28-25(27(30)31)23-24-20-17-16-18-21-24/h7-8,16-18,20-21,25H,2-6,9-15,19,22-23H2,1H3,(H,28,29)(H,30,31)/b8-7-/t25-/m0/s1. The number of carbonyl (C=O) groups is 2. The summed E-state index contributed by atoms with van der Waals surface area (Å²) >= 11 is 0.